The number of furan rings is 1. The van der Waals surface area contributed by atoms with Gasteiger partial charge in [-0.15, -0.1) is 0 Å². The summed E-state index contributed by atoms with van der Waals surface area (Å²) in [4.78, 5) is 13.8. The molecule has 4 nitrogen and oxygen atoms in total. The molecule has 3 rings (SSSR count). The van der Waals surface area contributed by atoms with Crippen molar-refractivity contribution in [2.75, 3.05) is 19.7 Å². The summed E-state index contributed by atoms with van der Waals surface area (Å²) in [6.07, 6.45) is 4.52. The Morgan fingerprint density at radius 2 is 2.00 bits per heavy atom. The molecule has 0 atom stereocenters. The van der Waals surface area contributed by atoms with Crippen LogP contribution in [-0.4, -0.2) is 30.5 Å². The van der Waals surface area contributed by atoms with Crippen molar-refractivity contribution in [2.24, 2.45) is 0 Å². The van der Waals surface area contributed by atoms with Crippen LogP contribution < -0.4 is 4.74 Å². The quantitative estimate of drug-likeness (QED) is 0.848. The van der Waals surface area contributed by atoms with E-state index in [1.807, 2.05) is 32.0 Å². The molecule has 0 saturated heterocycles. The summed E-state index contributed by atoms with van der Waals surface area (Å²) < 4.78 is 11.6. The molecular formula is C18H23NO3. The molecule has 1 amide bonds. The van der Waals surface area contributed by atoms with Gasteiger partial charge in [-0.05, 0) is 51.3 Å². The summed E-state index contributed by atoms with van der Waals surface area (Å²) in [5.41, 5.74) is 2.25. The molecule has 1 aromatic heterocycles. The van der Waals surface area contributed by atoms with E-state index in [4.69, 9.17) is 9.15 Å². The summed E-state index contributed by atoms with van der Waals surface area (Å²) in [7, 11) is 0. The lowest BCUT2D eigenvalue weighted by Gasteiger charge is -2.18. The maximum absolute atomic E-state index is 12.0. The van der Waals surface area contributed by atoms with Crippen LogP contribution in [0.4, 0.5) is 0 Å². The number of ether oxygens (including phenoxy) is 1. The highest BCUT2D eigenvalue weighted by molar-refractivity contribution is 5.84. The molecular weight excluding hydrogens is 278 g/mol. The van der Waals surface area contributed by atoms with Crippen LogP contribution >= 0.6 is 0 Å². The first kappa shape index (κ1) is 14.9. The second-order valence-electron chi connectivity index (χ2n) is 5.72. The van der Waals surface area contributed by atoms with E-state index in [1.165, 1.54) is 18.4 Å². The zero-order chi connectivity index (χ0) is 15.5. The molecule has 0 bridgehead atoms. The van der Waals surface area contributed by atoms with E-state index in [0.717, 1.165) is 35.3 Å². The maximum atomic E-state index is 12.0. The van der Waals surface area contributed by atoms with Crippen molar-refractivity contribution in [1.29, 1.82) is 0 Å². The molecule has 0 saturated carbocycles. The molecule has 0 N–H and O–H groups in total. The number of amides is 1. The van der Waals surface area contributed by atoms with Crippen LogP contribution in [0.1, 0.15) is 38.0 Å². The number of likely N-dealkylation sites (N-methyl/N-ethyl adjacent to an activating group) is 1. The number of carbonyl (C=O) groups is 1. The smallest absolute Gasteiger partial charge is 0.260 e. The number of nitrogens with zero attached hydrogens (tertiary/aromatic N) is 1. The Kier molecular flexibility index (Phi) is 4.36. The highest BCUT2D eigenvalue weighted by Gasteiger charge is 2.18. The van der Waals surface area contributed by atoms with Crippen molar-refractivity contribution in [2.45, 2.75) is 39.5 Å². The van der Waals surface area contributed by atoms with Crippen LogP contribution in [0.15, 0.2) is 22.6 Å². The van der Waals surface area contributed by atoms with Crippen LogP contribution in [0.2, 0.25) is 0 Å². The Labute approximate surface area is 131 Å². The van der Waals surface area contributed by atoms with Crippen LogP contribution in [0.3, 0.4) is 0 Å². The highest BCUT2D eigenvalue weighted by Crippen LogP contribution is 2.33. The summed E-state index contributed by atoms with van der Waals surface area (Å²) in [5.74, 6) is 1.89. The van der Waals surface area contributed by atoms with Crippen LogP contribution in [0, 0.1) is 0 Å². The van der Waals surface area contributed by atoms with E-state index in [-0.39, 0.29) is 12.5 Å². The molecule has 0 fully saturated rings. The summed E-state index contributed by atoms with van der Waals surface area (Å²) in [6.45, 7) is 5.48. The fraction of sp³-hybridized carbons (Fsp3) is 0.500. The van der Waals surface area contributed by atoms with Gasteiger partial charge in [0.2, 0.25) is 0 Å². The minimum atomic E-state index is 0.0271. The molecule has 1 aromatic carbocycles. The molecule has 4 heteroatoms. The summed E-state index contributed by atoms with van der Waals surface area (Å²) in [5, 5.41) is 1.14. The number of aryl methyl sites for hydroxylation is 2. The van der Waals surface area contributed by atoms with Gasteiger partial charge in [-0.3, -0.25) is 4.79 Å². The maximum Gasteiger partial charge on any atom is 0.260 e. The molecule has 2 aromatic rings. The zero-order valence-corrected chi connectivity index (χ0v) is 13.4. The Bertz CT molecular complexity index is 670. The average Bonchev–Trinajstić information content (AvgIpc) is 2.92. The van der Waals surface area contributed by atoms with Crippen molar-refractivity contribution in [3.63, 3.8) is 0 Å². The molecule has 0 spiro atoms. The monoisotopic (exact) mass is 301 g/mol. The summed E-state index contributed by atoms with van der Waals surface area (Å²) in [6, 6.07) is 5.84. The van der Waals surface area contributed by atoms with Gasteiger partial charge in [0.05, 0.1) is 0 Å². The third kappa shape index (κ3) is 2.82. The number of fused-ring (bicyclic) bond motifs is 3. The minimum absolute atomic E-state index is 0.0271. The third-order valence-corrected chi connectivity index (χ3v) is 4.40. The fourth-order valence-corrected chi connectivity index (χ4v) is 3.14. The summed E-state index contributed by atoms with van der Waals surface area (Å²) >= 11 is 0. The average molecular weight is 301 g/mol. The SMILES string of the molecule is CCN(CC)C(=O)COc1ccc2oc3c(c2c1)CCCC3. The van der Waals surface area contributed by atoms with Crippen LogP contribution in [-0.2, 0) is 17.6 Å². The van der Waals surface area contributed by atoms with Gasteiger partial charge in [0.1, 0.15) is 17.1 Å². The lowest BCUT2D eigenvalue weighted by atomic mass is 9.96. The zero-order valence-electron chi connectivity index (χ0n) is 13.4. The van der Waals surface area contributed by atoms with Crippen molar-refractivity contribution >= 4 is 16.9 Å². The Balaban J connectivity index is 1.76. The van der Waals surface area contributed by atoms with Gasteiger partial charge in [-0.25, -0.2) is 0 Å². The topological polar surface area (TPSA) is 42.7 Å². The van der Waals surface area contributed by atoms with Crippen LogP contribution in [0.5, 0.6) is 5.75 Å². The van der Waals surface area contributed by atoms with Gasteiger partial charge in [0.15, 0.2) is 6.61 Å². The lowest BCUT2D eigenvalue weighted by molar-refractivity contribution is -0.132. The molecule has 118 valence electrons. The van der Waals surface area contributed by atoms with Gasteiger partial charge in [0.25, 0.3) is 5.91 Å². The predicted octanol–water partition coefficient (Wildman–Crippen LogP) is 3.56. The number of hydrogen-bond acceptors (Lipinski definition) is 3. The number of rotatable bonds is 5. The molecule has 0 unspecified atom stereocenters. The molecule has 22 heavy (non-hydrogen) atoms. The number of hydrogen-bond donors (Lipinski definition) is 0. The Hall–Kier alpha value is -1.97. The first-order valence-corrected chi connectivity index (χ1v) is 8.17. The van der Waals surface area contributed by atoms with Crippen molar-refractivity contribution in [1.82, 2.24) is 4.90 Å². The van der Waals surface area contributed by atoms with E-state index in [1.54, 1.807) is 4.90 Å². The van der Waals surface area contributed by atoms with Gasteiger partial charge >= 0.3 is 0 Å². The normalized spacial score (nSPS) is 13.9. The predicted molar refractivity (Wildman–Crippen MR) is 86.3 cm³/mol. The fourth-order valence-electron chi connectivity index (χ4n) is 3.14. The van der Waals surface area contributed by atoms with E-state index >= 15 is 0 Å². The molecule has 0 radical (unpaired) electrons. The Morgan fingerprint density at radius 3 is 2.77 bits per heavy atom. The molecule has 1 aliphatic carbocycles. The van der Waals surface area contributed by atoms with Gasteiger partial charge in [-0.1, -0.05) is 0 Å². The van der Waals surface area contributed by atoms with Crippen molar-refractivity contribution in [3.8, 4) is 5.75 Å². The van der Waals surface area contributed by atoms with Gasteiger partial charge < -0.3 is 14.1 Å². The van der Waals surface area contributed by atoms with E-state index in [2.05, 4.69) is 0 Å². The first-order valence-electron chi connectivity index (χ1n) is 8.17. The lowest BCUT2D eigenvalue weighted by Crippen LogP contribution is -2.34. The van der Waals surface area contributed by atoms with Crippen LogP contribution in [0.25, 0.3) is 11.0 Å². The highest BCUT2D eigenvalue weighted by atomic mass is 16.5. The minimum Gasteiger partial charge on any atom is -0.484 e. The standard InChI is InChI=1S/C18H23NO3/c1-3-19(4-2)18(20)12-21-13-9-10-17-15(11-13)14-7-5-6-8-16(14)22-17/h9-11H,3-8,12H2,1-2H3. The molecule has 1 heterocycles. The van der Waals surface area contributed by atoms with Crippen molar-refractivity contribution in [3.05, 3.63) is 29.5 Å². The number of carbonyl (C=O) groups excluding carboxylic acids is 1. The molecule has 0 aliphatic heterocycles. The second-order valence-corrected chi connectivity index (χ2v) is 5.72. The third-order valence-electron chi connectivity index (χ3n) is 4.40. The van der Waals surface area contributed by atoms with E-state index in [0.29, 0.717) is 13.1 Å². The Morgan fingerprint density at radius 1 is 1.23 bits per heavy atom. The van der Waals surface area contributed by atoms with Gasteiger partial charge in [-0.2, -0.15) is 0 Å². The first-order chi connectivity index (χ1) is 10.7. The van der Waals surface area contributed by atoms with Crippen molar-refractivity contribution < 1.29 is 13.9 Å². The second kappa shape index (κ2) is 6.42. The van der Waals surface area contributed by atoms with Gasteiger partial charge in [0, 0.05) is 30.5 Å². The largest absolute Gasteiger partial charge is 0.484 e. The number of benzene rings is 1. The van der Waals surface area contributed by atoms with E-state index in [9.17, 15) is 4.79 Å². The van der Waals surface area contributed by atoms with E-state index < -0.39 is 0 Å². The molecule has 1 aliphatic rings.